The average Bonchev–Trinajstić information content (AvgIpc) is 2.59. The predicted octanol–water partition coefficient (Wildman–Crippen LogP) is 1.23. The van der Waals surface area contributed by atoms with Crippen molar-refractivity contribution in [1.82, 2.24) is 15.0 Å². The van der Waals surface area contributed by atoms with Crippen LogP contribution in [0.1, 0.15) is 37.1 Å². The highest BCUT2D eigenvalue weighted by molar-refractivity contribution is 7.05. The van der Waals surface area contributed by atoms with E-state index in [2.05, 4.69) is 21.9 Å². The van der Waals surface area contributed by atoms with Gasteiger partial charge in [0.1, 0.15) is 0 Å². The third-order valence-corrected chi connectivity index (χ3v) is 2.55. The fourth-order valence-corrected chi connectivity index (χ4v) is 1.64. The van der Waals surface area contributed by atoms with Crippen LogP contribution in [0, 0.1) is 0 Å². The maximum Gasteiger partial charge on any atom is 0.0669 e. The molecule has 1 aromatic heterocycles. The van der Waals surface area contributed by atoms with E-state index in [0.29, 0.717) is 0 Å². The third-order valence-electron chi connectivity index (χ3n) is 1.77. The number of hydrogen-bond donors (Lipinski definition) is 2. The highest BCUT2D eigenvalue weighted by atomic mass is 32.1. The van der Waals surface area contributed by atoms with Gasteiger partial charge in [0.15, 0.2) is 0 Å². The Labute approximate surface area is 76.3 Å². The summed E-state index contributed by atoms with van der Waals surface area (Å²) < 4.78 is 3.80. The molecule has 0 fully saturated rings. The van der Waals surface area contributed by atoms with Gasteiger partial charge < -0.3 is 0 Å². The van der Waals surface area contributed by atoms with Crippen LogP contribution in [-0.2, 0) is 0 Å². The van der Waals surface area contributed by atoms with Crippen molar-refractivity contribution in [1.29, 1.82) is 0 Å². The summed E-state index contributed by atoms with van der Waals surface area (Å²) >= 11 is 1.40. The quantitative estimate of drug-likeness (QED) is 0.536. The minimum atomic E-state index is 0.227. The smallest absolute Gasteiger partial charge is 0.0669 e. The largest absolute Gasteiger partial charge is 0.271 e. The van der Waals surface area contributed by atoms with Crippen LogP contribution < -0.4 is 11.3 Å². The van der Waals surface area contributed by atoms with E-state index < -0.39 is 0 Å². The Morgan fingerprint density at radius 1 is 1.75 bits per heavy atom. The minimum Gasteiger partial charge on any atom is -0.271 e. The molecule has 0 aliphatic rings. The molecule has 5 heteroatoms. The zero-order valence-electron chi connectivity index (χ0n) is 7.16. The number of nitrogens with one attached hydrogen (secondary N) is 1. The molecule has 0 aliphatic carbocycles. The van der Waals surface area contributed by atoms with Gasteiger partial charge in [-0.1, -0.05) is 24.3 Å². The molecule has 0 amide bonds. The lowest BCUT2D eigenvalue weighted by molar-refractivity contribution is 0.501. The number of aromatic nitrogens is 2. The second-order valence-corrected chi connectivity index (χ2v) is 3.50. The molecule has 1 heterocycles. The van der Waals surface area contributed by atoms with Crippen molar-refractivity contribution in [2.45, 2.75) is 32.2 Å². The van der Waals surface area contributed by atoms with Crippen molar-refractivity contribution in [2.75, 3.05) is 0 Å². The second kappa shape index (κ2) is 5.18. The molecular formula is C7H14N4S. The van der Waals surface area contributed by atoms with Crippen molar-refractivity contribution in [3.8, 4) is 0 Å². The van der Waals surface area contributed by atoms with Gasteiger partial charge in [-0.2, -0.15) is 0 Å². The van der Waals surface area contributed by atoms with Gasteiger partial charge in [0, 0.05) is 0 Å². The Balaban J connectivity index is 2.45. The maximum absolute atomic E-state index is 5.41. The fourth-order valence-electron chi connectivity index (χ4n) is 1.04. The van der Waals surface area contributed by atoms with Gasteiger partial charge in [0.05, 0.1) is 17.1 Å². The Hall–Kier alpha value is -0.520. The van der Waals surface area contributed by atoms with Crippen LogP contribution >= 0.6 is 11.5 Å². The minimum absolute atomic E-state index is 0.227. The summed E-state index contributed by atoms with van der Waals surface area (Å²) in [6.45, 7) is 2.17. The van der Waals surface area contributed by atoms with Crippen LogP contribution in [0.15, 0.2) is 6.20 Å². The SMILES string of the molecule is CCCCC(NN)c1cnns1. The van der Waals surface area contributed by atoms with Crippen molar-refractivity contribution >= 4 is 11.5 Å². The number of nitrogens with zero attached hydrogens (tertiary/aromatic N) is 2. The van der Waals surface area contributed by atoms with Crippen molar-refractivity contribution < 1.29 is 0 Å². The Morgan fingerprint density at radius 2 is 2.58 bits per heavy atom. The molecule has 68 valence electrons. The van der Waals surface area contributed by atoms with Gasteiger partial charge >= 0.3 is 0 Å². The first-order chi connectivity index (χ1) is 5.88. The normalized spacial score (nSPS) is 13.2. The van der Waals surface area contributed by atoms with Crippen LogP contribution in [0.4, 0.5) is 0 Å². The highest BCUT2D eigenvalue weighted by Crippen LogP contribution is 2.19. The lowest BCUT2D eigenvalue weighted by atomic mass is 10.1. The van der Waals surface area contributed by atoms with E-state index in [0.717, 1.165) is 11.3 Å². The summed E-state index contributed by atoms with van der Waals surface area (Å²) in [5.74, 6) is 5.41. The van der Waals surface area contributed by atoms with E-state index in [1.54, 1.807) is 6.20 Å². The van der Waals surface area contributed by atoms with Crippen LogP contribution in [0.25, 0.3) is 0 Å². The molecular weight excluding hydrogens is 172 g/mol. The summed E-state index contributed by atoms with van der Waals surface area (Å²) in [7, 11) is 0. The molecule has 0 aromatic carbocycles. The monoisotopic (exact) mass is 186 g/mol. The standard InChI is InChI=1S/C7H14N4S/c1-2-3-4-6(10-8)7-5-9-11-12-7/h5-6,10H,2-4,8H2,1H3. The maximum atomic E-state index is 5.41. The van der Waals surface area contributed by atoms with E-state index in [1.165, 1.54) is 24.4 Å². The van der Waals surface area contributed by atoms with Crippen molar-refractivity contribution in [3.63, 3.8) is 0 Å². The summed E-state index contributed by atoms with van der Waals surface area (Å²) in [5, 5.41) is 3.77. The van der Waals surface area contributed by atoms with Crippen molar-refractivity contribution in [2.24, 2.45) is 5.84 Å². The summed E-state index contributed by atoms with van der Waals surface area (Å²) in [4.78, 5) is 1.12. The molecule has 0 aliphatic heterocycles. The number of hydrazine groups is 1. The van der Waals surface area contributed by atoms with E-state index in [9.17, 15) is 0 Å². The van der Waals surface area contributed by atoms with Gasteiger partial charge in [-0.05, 0) is 18.0 Å². The molecule has 0 saturated carbocycles. The third kappa shape index (κ3) is 2.51. The predicted molar refractivity (Wildman–Crippen MR) is 49.5 cm³/mol. The number of hydrogen-bond acceptors (Lipinski definition) is 5. The van der Waals surface area contributed by atoms with Gasteiger partial charge in [-0.25, -0.2) is 0 Å². The molecule has 3 N–H and O–H groups in total. The second-order valence-electron chi connectivity index (χ2n) is 2.68. The van der Waals surface area contributed by atoms with Gasteiger partial charge in [-0.3, -0.25) is 11.3 Å². The van der Waals surface area contributed by atoms with E-state index >= 15 is 0 Å². The van der Waals surface area contributed by atoms with E-state index in [4.69, 9.17) is 5.84 Å². The van der Waals surface area contributed by atoms with Crippen LogP contribution in [0.5, 0.6) is 0 Å². The van der Waals surface area contributed by atoms with Crippen molar-refractivity contribution in [3.05, 3.63) is 11.1 Å². The number of rotatable bonds is 5. The molecule has 0 spiro atoms. The molecule has 0 radical (unpaired) electrons. The lowest BCUT2D eigenvalue weighted by Gasteiger charge is -2.11. The molecule has 4 nitrogen and oxygen atoms in total. The Kier molecular flexibility index (Phi) is 4.13. The first-order valence-corrected chi connectivity index (χ1v) is 4.89. The Bertz CT molecular complexity index is 199. The molecule has 12 heavy (non-hydrogen) atoms. The number of unbranched alkanes of at least 4 members (excludes halogenated alkanes) is 1. The Morgan fingerprint density at radius 3 is 3.08 bits per heavy atom. The average molecular weight is 186 g/mol. The first-order valence-electron chi connectivity index (χ1n) is 4.11. The molecule has 1 atom stereocenters. The molecule has 0 saturated heterocycles. The van der Waals surface area contributed by atoms with Crippen LogP contribution in [-0.4, -0.2) is 9.59 Å². The topological polar surface area (TPSA) is 63.8 Å². The summed E-state index contributed by atoms with van der Waals surface area (Å²) in [6, 6.07) is 0.227. The molecule has 1 unspecified atom stereocenters. The lowest BCUT2D eigenvalue weighted by Crippen LogP contribution is -2.27. The van der Waals surface area contributed by atoms with E-state index in [-0.39, 0.29) is 6.04 Å². The summed E-state index contributed by atoms with van der Waals surface area (Å²) in [5.41, 5.74) is 2.77. The van der Waals surface area contributed by atoms with Crippen LogP contribution in [0.2, 0.25) is 0 Å². The number of nitrogens with two attached hydrogens (primary N) is 1. The molecule has 0 bridgehead atoms. The van der Waals surface area contributed by atoms with Gasteiger partial charge in [0.2, 0.25) is 0 Å². The van der Waals surface area contributed by atoms with Gasteiger partial charge in [-0.15, -0.1) is 5.10 Å². The van der Waals surface area contributed by atoms with Crippen LogP contribution in [0.3, 0.4) is 0 Å². The molecule has 1 rings (SSSR count). The zero-order valence-corrected chi connectivity index (χ0v) is 7.97. The fraction of sp³-hybridized carbons (Fsp3) is 0.714. The summed E-state index contributed by atoms with van der Waals surface area (Å²) in [6.07, 6.45) is 5.18. The molecule has 1 aromatic rings. The van der Waals surface area contributed by atoms with E-state index in [1.807, 2.05) is 0 Å². The highest BCUT2D eigenvalue weighted by Gasteiger charge is 2.10. The van der Waals surface area contributed by atoms with Gasteiger partial charge in [0.25, 0.3) is 0 Å². The first kappa shape index (κ1) is 9.57. The zero-order chi connectivity index (χ0) is 8.81.